The first-order valence-electron chi connectivity index (χ1n) is 9.44. The summed E-state index contributed by atoms with van der Waals surface area (Å²) >= 11 is 0. The van der Waals surface area contributed by atoms with Gasteiger partial charge < -0.3 is 9.47 Å². The Hall–Kier alpha value is -1.26. The van der Waals surface area contributed by atoms with Crippen LogP contribution < -0.4 is 9.47 Å². The van der Waals surface area contributed by atoms with E-state index in [1.54, 1.807) is 14.2 Å². The Morgan fingerprint density at radius 2 is 1.83 bits per heavy atom. The minimum absolute atomic E-state index is 0.886. The van der Waals surface area contributed by atoms with E-state index in [9.17, 15) is 0 Å². The van der Waals surface area contributed by atoms with Crippen LogP contribution in [0.5, 0.6) is 11.5 Å². The summed E-state index contributed by atoms with van der Waals surface area (Å²) in [6.45, 7) is 5.72. The van der Waals surface area contributed by atoms with E-state index in [-0.39, 0.29) is 0 Å². The Kier molecular flexibility index (Phi) is 4.68. The fourth-order valence-electron chi connectivity index (χ4n) is 5.16. The highest BCUT2D eigenvalue weighted by molar-refractivity contribution is 5.40. The van der Waals surface area contributed by atoms with Gasteiger partial charge in [-0.2, -0.15) is 0 Å². The zero-order chi connectivity index (χ0) is 16.5. The molecule has 0 radical (unpaired) electrons. The minimum atomic E-state index is 0.886. The van der Waals surface area contributed by atoms with Crippen molar-refractivity contribution in [2.24, 2.45) is 11.8 Å². The number of fused-ring (bicyclic) bond motifs is 2. The number of rotatable bonds is 5. The molecular formula is C20H30N2O2. The van der Waals surface area contributed by atoms with Crippen molar-refractivity contribution >= 4 is 0 Å². The van der Waals surface area contributed by atoms with Crippen molar-refractivity contribution in [1.82, 2.24) is 9.80 Å². The van der Waals surface area contributed by atoms with Gasteiger partial charge in [0.1, 0.15) is 11.5 Å². The number of benzene rings is 1. The van der Waals surface area contributed by atoms with Gasteiger partial charge in [0, 0.05) is 44.3 Å². The Morgan fingerprint density at radius 1 is 1.00 bits per heavy atom. The van der Waals surface area contributed by atoms with E-state index in [2.05, 4.69) is 15.9 Å². The summed E-state index contributed by atoms with van der Waals surface area (Å²) in [5.74, 6) is 3.91. The van der Waals surface area contributed by atoms with Crippen molar-refractivity contribution < 1.29 is 9.47 Å². The average Bonchev–Trinajstić information content (AvgIpc) is 3.25. The van der Waals surface area contributed by atoms with Crippen LogP contribution in [0.4, 0.5) is 0 Å². The van der Waals surface area contributed by atoms with E-state index in [0.717, 1.165) is 49.0 Å². The number of hydrogen-bond donors (Lipinski definition) is 0. The molecule has 1 aliphatic heterocycles. The average molecular weight is 330 g/mol. The molecule has 1 aromatic carbocycles. The maximum atomic E-state index is 5.53. The van der Waals surface area contributed by atoms with Gasteiger partial charge in [-0.15, -0.1) is 0 Å². The second-order valence-electron chi connectivity index (χ2n) is 7.73. The van der Waals surface area contributed by atoms with Crippen molar-refractivity contribution in [3.05, 3.63) is 23.8 Å². The van der Waals surface area contributed by atoms with Crippen LogP contribution in [0.15, 0.2) is 18.2 Å². The number of ether oxygens (including phenoxy) is 2. The first-order valence-corrected chi connectivity index (χ1v) is 9.44. The molecular weight excluding hydrogens is 300 g/mol. The molecule has 4 nitrogen and oxygen atoms in total. The number of piperazine rings is 1. The van der Waals surface area contributed by atoms with Gasteiger partial charge in [0.05, 0.1) is 14.2 Å². The van der Waals surface area contributed by atoms with Crippen molar-refractivity contribution in [2.45, 2.75) is 38.3 Å². The lowest BCUT2D eigenvalue weighted by Gasteiger charge is -2.41. The molecule has 2 aliphatic carbocycles. The third-order valence-corrected chi connectivity index (χ3v) is 6.46. The molecule has 4 rings (SSSR count). The van der Waals surface area contributed by atoms with Gasteiger partial charge in [0.15, 0.2) is 0 Å². The van der Waals surface area contributed by atoms with E-state index in [1.165, 1.54) is 44.3 Å². The molecule has 1 aromatic rings. The second kappa shape index (κ2) is 6.93. The SMILES string of the molecule is COc1ccc(OC)c(CN2CCN([C@H]3C[C@@H]4CC[C@@H]3C4)CC2)c1. The van der Waals surface area contributed by atoms with Crippen LogP contribution in [0, 0.1) is 11.8 Å². The van der Waals surface area contributed by atoms with Gasteiger partial charge in [0.2, 0.25) is 0 Å². The minimum Gasteiger partial charge on any atom is -0.497 e. The fourth-order valence-corrected chi connectivity index (χ4v) is 5.16. The van der Waals surface area contributed by atoms with Gasteiger partial charge in [-0.3, -0.25) is 9.80 Å². The summed E-state index contributed by atoms with van der Waals surface area (Å²) in [5, 5.41) is 0. The molecule has 0 amide bonds. The zero-order valence-corrected chi connectivity index (χ0v) is 15.0. The zero-order valence-electron chi connectivity index (χ0n) is 15.0. The van der Waals surface area contributed by atoms with Crippen LogP contribution in [-0.4, -0.2) is 56.2 Å². The lowest BCUT2D eigenvalue weighted by molar-refractivity contribution is 0.0676. The third-order valence-electron chi connectivity index (χ3n) is 6.46. The Balaban J connectivity index is 1.35. The van der Waals surface area contributed by atoms with Crippen molar-refractivity contribution in [1.29, 1.82) is 0 Å². The van der Waals surface area contributed by atoms with E-state index < -0.39 is 0 Å². The van der Waals surface area contributed by atoms with Gasteiger partial charge in [-0.1, -0.05) is 6.42 Å². The van der Waals surface area contributed by atoms with E-state index in [0.29, 0.717) is 0 Å². The fraction of sp³-hybridized carbons (Fsp3) is 0.700. The molecule has 3 atom stereocenters. The molecule has 2 bridgehead atoms. The maximum absolute atomic E-state index is 5.53. The Labute approximate surface area is 145 Å². The van der Waals surface area contributed by atoms with Crippen molar-refractivity contribution in [3.8, 4) is 11.5 Å². The lowest BCUT2D eigenvalue weighted by atomic mass is 9.93. The quantitative estimate of drug-likeness (QED) is 0.828. The highest BCUT2D eigenvalue weighted by atomic mass is 16.5. The Bertz CT molecular complexity index is 569. The summed E-state index contributed by atoms with van der Waals surface area (Å²) in [4.78, 5) is 5.34. The lowest BCUT2D eigenvalue weighted by Crippen LogP contribution is -2.51. The van der Waals surface area contributed by atoms with Crippen LogP contribution in [0.2, 0.25) is 0 Å². The van der Waals surface area contributed by atoms with Crippen LogP contribution in [0.3, 0.4) is 0 Å². The largest absolute Gasteiger partial charge is 0.497 e. The van der Waals surface area contributed by atoms with Crippen LogP contribution in [-0.2, 0) is 6.54 Å². The van der Waals surface area contributed by atoms with Gasteiger partial charge >= 0.3 is 0 Å². The Morgan fingerprint density at radius 3 is 2.46 bits per heavy atom. The number of nitrogens with zero attached hydrogens (tertiary/aromatic N) is 2. The highest BCUT2D eigenvalue weighted by Gasteiger charge is 2.42. The smallest absolute Gasteiger partial charge is 0.123 e. The van der Waals surface area contributed by atoms with Gasteiger partial charge in [-0.25, -0.2) is 0 Å². The number of hydrogen-bond acceptors (Lipinski definition) is 4. The first kappa shape index (κ1) is 16.2. The monoisotopic (exact) mass is 330 g/mol. The summed E-state index contributed by atoms with van der Waals surface area (Å²) in [7, 11) is 3.47. The van der Waals surface area contributed by atoms with Crippen molar-refractivity contribution in [3.63, 3.8) is 0 Å². The molecule has 0 spiro atoms. The molecule has 2 saturated carbocycles. The third kappa shape index (κ3) is 3.14. The molecule has 3 aliphatic rings. The van der Waals surface area contributed by atoms with Crippen molar-refractivity contribution in [2.75, 3.05) is 40.4 Å². The molecule has 1 heterocycles. The normalized spacial score (nSPS) is 30.7. The number of methoxy groups -OCH3 is 2. The summed E-state index contributed by atoms with van der Waals surface area (Å²) in [6, 6.07) is 6.98. The van der Waals surface area contributed by atoms with Gasteiger partial charge in [0.25, 0.3) is 0 Å². The summed E-state index contributed by atoms with van der Waals surface area (Å²) in [5.41, 5.74) is 1.23. The molecule has 3 fully saturated rings. The van der Waals surface area contributed by atoms with E-state index >= 15 is 0 Å². The first-order chi connectivity index (χ1) is 11.8. The topological polar surface area (TPSA) is 24.9 Å². The molecule has 0 aromatic heterocycles. The van der Waals surface area contributed by atoms with E-state index in [1.807, 2.05) is 12.1 Å². The molecule has 0 N–H and O–H groups in total. The standard InChI is InChI=1S/C20H30N2O2/c1-23-18-5-6-20(24-2)17(13-18)14-21-7-9-22(10-8-21)19-12-15-3-4-16(19)11-15/h5-6,13,15-16,19H,3-4,7-12,14H2,1-2H3/t15-,16-,19+/m1/s1. The molecule has 4 heteroatoms. The second-order valence-corrected chi connectivity index (χ2v) is 7.73. The highest BCUT2D eigenvalue weighted by Crippen LogP contribution is 2.46. The summed E-state index contributed by atoms with van der Waals surface area (Å²) < 4.78 is 10.9. The summed E-state index contributed by atoms with van der Waals surface area (Å²) in [6.07, 6.45) is 5.95. The maximum Gasteiger partial charge on any atom is 0.123 e. The van der Waals surface area contributed by atoms with Crippen LogP contribution in [0.1, 0.15) is 31.2 Å². The van der Waals surface area contributed by atoms with Crippen LogP contribution in [0.25, 0.3) is 0 Å². The predicted molar refractivity (Wildman–Crippen MR) is 95.6 cm³/mol. The molecule has 0 unspecified atom stereocenters. The molecule has 1 saturated heterocycles. The van der Waals surface area contributed by atoms with Crippen LogP contribution >= 0.6 is 0 Å². The van der Waals surface area contributed by atoms with E-state index in [4.69, 9.17) is 9.47 Å². The van der Waals surface area contributed by atoms with Gasteiger partial charge in [-0.05, 0) is 49.3 Å². The molecule has 132 valence electrons. The predicted octanol–water partition coefficient (Wildman–Crippen LogP) is 3.01. The molecule has 24 heavy (non-hydrogen) atoms.